The van der Waals surface area contributed by atoms with Crippen LogP contribution in [0.1, 0.15) is 25.3 Å². The maximum absolute atomic E-state index is 13.1. The number of anilines is 1. The van der Waals surface area contributed by atoms with Crippen LogP contribution in [0.25, 0.3) is 0 Å². The summed E-state index contributed by atoms with van der Waals surface area (Å²) in [5, 5.41) is 0. The molecule has 4 rings (SSSR count). The van der Waals surface area contributed by atoms with Crippen LogP contribution in [0.15, 0.2) is 42.7 Å². The maximum Gasteiger partial charge on any atom is 0.227 e. The van der Waals surface area contributed by atoms with Crippen LogP contribution in [-0.2, 0) is 11.3 Å². The monoisotopic (exact) mass is 409 g/mol. The predicted octanol–water partition coefficient (Wildman–Crippen LogP) is 2.44. The first-order chi connectivity index (χ1) is 14.7. The minimum Gasteiger partial charge on any atom is -0.494 e. The number of nitrogens with zero attached hydrogens (tertiary/aromatic N) is 5. The Morgan fingerprint density at radius 2 is 1.80 bits per heavy atom. The van der Waals surface area contributed by atoms with Crippen molar-refractivity contribution in [1.29, 1.82) is 0 Å². The lowest BCUT2D eigenvalue weighted by Crippen LogP contribution is -2.52. The van der Waals surface area contributed by atoms with E-state index in [4.69, 9.17) is 4.74 Å². The molecule has 0 bridgehead atoms. The van der Waals surface area contributed by atoms with Gasteiger partial charge in [0, 0.05) is 58.2 Å². The molecular weight excluding hydrogens is 378 g/mol. The number of ether oxygens (including phenoxy) is 1. The van der Waals surface area contributed by atoms with Gasteiger partial charge in [0.15, 0.2) is 0 Å². The van der Waals surface area contributed by atoms with Crippen LogP contribution < -0.4 is 9.64 Å². The lowest BCUT2D eigenvalue weighted by Gasteiger charge is -2.39. The van der Waals surface area contributed by atoms with E-state index in [-0.39, 0.29) is 11.8 Å². The van der Waals surface area contributed by atoms with E-state index in [0.29, 0.717) is 6.61 Å². The fourth-order valence-electron chi connectivity index (χ4n) is 4.32. The van der Waals surface area contributed by atoms with Gasteiger partial charge in [-0.2, -0.15) is 0 Å². The van der Waals surface area contributed by atoms with E-state index in [1.54, 1.807) is 12.4 Å². The molecule has 30 heavy (non-hydrogen) atoms. The number of hydrogen-bond donors (Lipinski definition) is 0. The van der Waals surface area contributed by atoms with Gasteiger partial charge in [0.2, 0.25) is 11.9 Å². The standard InChI is InChI=1S/C23H31N5O2/c1-2-30-21-8-6-19(7-9-21)17-26-13-15-27(16-14-26)22(29)20-5-3-12-28(18-20)23-24-10-4-11-25-23/h4,6-11,20H,2-3,5,12-18H2,1H3/t20-/m1/s1. The lowest BCUT2D eigenvalue weighted by molar-refractivity contribution is -0.137. The second-order valence-electron chi connectivity index (χ2n) is 8.01. The molecule has 0 radical (unpaired) electrons. The molecule has 1 amide bonds. The van der Waals surface area contributed by atoms with Gasteiger partial charge >= 0.3 is 0 Å². The predicted molar refractivity (Wildman–Crippen MR) is 116 cm³/mol. The molecule has 2 aliphatic heterocycles. The first-order valence-corrected chi connectivity index (χ1v) is 11.0. The van der Waals surface area contributed by atoms with Crippen molar-refractivity contribution in [2.45, 2.75) is 26.3 Å². The van der Waals surface area contributed by atoms with Gasteiger partial charge in [0.05, 0.1) is 12.5 Å². The van der Waals surface area contributed by atoms with Crippen molar-refractivity contribution in [2.24, 2.45) is 5.92 Å². The topological polar surface area (TPSA) is 61.8 Å². The van der Waals surface area contributed by atoms with E-state index in [0.717, 1.165) is 70.4 Å². The highest BCUT2D eigenvalue weighted by Crippen LogP contribution is 2.23. The van der Waals surface area contributed by atoms with Crippen molar-refractivity contribution in [3.8, 4) is 5.75 Å². The quantitative estimate of drug-likeness (QED) is 0.730. The summed E-state index contributed by atoms with van der Waals surface area (Å²) in [7, 11) is 0. The molecule has 0 aliphatic carbocycles. The second kappa shape index (κ2) is 9.89. The molecule has 2 fully saturated rings. The Morgan fingerprint density at radius 1 is 1.07 bits per heavy atom. The molecule has 3 heterocycles. The number of aromatic nitrogens is 2. The molecular formula is C23H31N5O2. The van der Waals surface area contributed by atoms with Gasteiger partial charge in [0.25, 0.3) is 0 Å². The SMILES string of the molecule is CCOc1ccc(CN2CCN(C(=O)[C@@H]3CCCN(c4ncccn4)C3)CC2)cc1. The van der Waals surface area contributed by atoms with E-state index in [2.05, 4.69) is 36.8 Å². The van der Waals surface area contributed by atoms with E-state index in [1.807, 2.05) is 25.1 Å². The summed E-state index contributed by atoms with van der Waals surface area (Å²) in [6, 6.07) is 10.1. The molecule has 1 aromatic carbocycles. The van der Waals surface area contributed by atoms with Crippen molar-refractivity contribution in [1.82, 2.24) is 19.8 Å². The lowest BCUT2D eigenvalue weighted by atomic mass is 9.96. The highest BCUT2D eigenvalue weighted by atomic mass is 16.5. The molecule has 160 valence electrons. The van der Waals surface area contributed by atoms with Crippen LogP contribution in [0.4, 0.5) is 5.95 Å². The van der Waals surface area contributed by atoms with Crippen LogP contribution in [0.3, 0.4) is 0 Å². The molecule has 7 heteroatoms. The number of amides is 1. The van der Waals surface area contributed by atoms with Crippen LogP contribution in [0.2, 0.25) is 0 Å². The zero-order valence-electron chi connectivity index (χ0n) is 17.7. The summed E-state index contributed by atoms with van der Waals surface area (Å²) in [6.07, 6.45) is 5.48. The fraction of sp³-hybridized carbons (Fsp3) is 0.522. The number of rotatable bonds is 6. The van der Waals surface area contributed by atoms with E-state index < -0.39 is 0 Å². The maximum atomic E-state index is 13.1. The third kappa shape index (κ3) is 5.08. The van der Waals surface area contributed by atoms with Crippen molar-refractivity contribution >= 4 is 11.9 Å². The van der Waals surface area contributed by atoms with Gasteiger partial charge in [-0.1, -0.05) is 12.1 Å². The summed E-state index contributed by atoms with van der Waals surface area (Å²) >= 11 is 0. The molecule has 0 spiro atoms. The van der Waals surface area contributed by atoms with E-state index >= 15 is 0 Å². The number of carbonyl (C=O) groups excluding carboxylic acids is 1. The summed E-state index contributed by atoms with van der Waals surface area (Å²) in [5.74, 6) is 1.98. The number of piperidine rings is 1. The van der Waals surface area contributed by atoms with Crippen molar-refractivity contribution in [3.05, 3.63) is 48.3 Å². The Morgan fingerprint density at radius 3 is 2.50 bits per heavy atom. The molecule has 1 atom stereocenters. The number of benzene rings is 1. The van der Waals surface area contributed by atoms with E-state index in [1.165, 1.54) is 5.56 Å². The molecule has 7 nitrogen and oxygen atoms in total. The zero-order chi connectivity index (χ0) is 20.8. The highest BCUT2D eigenvalue weighted by molar-refractivity contribution is 5.79. The fourth-order valence-corrected chi connectivity index (χ4v) is 4.32. The Labute approximate surface area is 178 Å². The van der Waals surface area contributed by atoms with Crippen molar-refractivity contribution in [3.63, 3.8) is 0 Å². The summed E-state index contributed by atoms with van der Waals surface area (Å²) in [4.78, 5) is 28.4. The minimum absolute atomic E-state index is 0.0419. The van der Waals surface area contributed by atoms with Gasteiger partial charge in [-0.3, -0.25) is 9.69 Å². The third-order valence-electron chi connectivity index (χ3n) is 5.93. The largest absolute Gasteiger partial charge is 0.494 e. The Bertz CT molecular complexity index is 806. The third-order valence-corrected chi connectivity index (χ3v) is 5.93. The van der Waals surface area contributed by atoms with Crippen LogP contribution in [0.5, 0.6) is 5.75 Å². The second-order valence-corrected chi connectivity index (χ2v) is 8.01. The van der Waals surface area contributed by atoms with Gasteiger partial charge < -0.3 is 14.5 Å². The summed E-state index contributed by atoms with van der Waals surface area (Å²) < 4.78 is 5.52. The molecule has 0 unspecified atom stereocenters. The van der Waals surface area contributed by atoms with Gasteiger partial charge in [-0.05, 0) is 43.5 Å². The van der Waals surface area contributed by atoms with Crippen molar-refractivity contribution < 1.29 is 9.53 Å². The first-order valence-electron chi connectivity index (χ1n) is 11.0. The normalized spacial score (nSPS) is 20.2. The number of hydrogen-bond acceptors (Lipinski definition) is 6. The van der Waals surface area contributed by atoms with E-state index in [9.17, 15) is 4.79 Å². The van der Waals surface area contributed by atoms with Crippen LogP contribution >= 0.6 is 0 Å². The Kier molecular flexibility index (Phi) is 6.79. The molecule has 2 aliphatic rings. The smallest absolute Gasteiger partial charge is 0.227 e. The molecule has 2 saturated heterocycles. The van der Waals surface area contributed by atoms with Crippen LogP contribution in [-0.4, -0.2) is 71.6 Å². The average molecular weight is 410 g/mol. The number of carbonyl (C=O) groups is 1. The Hall–Kier alpha value is -2.67. The first kappa shape index (κ1) is 20.6. The molecule has 0 saturated carbocycles. The Balaban J connectivity index is 1.26. The van der Waals surface area contributed by atoms with Gasteiger partial charge in [-0.15, -0.1) is 0 Å². The summed E-state index contributed by atoms with van der Waals surface area (Å²) in [5.41, 5.74) is 1.28. The highest BCUT2D eigenvalue weighted by Gasteiger charge is 2.31. The minimum atomic E-state index is 0.0419. The van der Waals surface area contributed by atoms with Gasteiger partial charge in [0.1, 0.15) is 5.75 Å². The molecule has 1 aromatic heterocycles. The van der Waals surface area contributed by atoms with Crippen LogP contribution in [0, 0.1) is 5.92 Å². The molecule has 2 aromatic rings. The van der Waals surface area contributed by atoms with Gasteiger partial charge in [-0.25, -0.2) is 9.97 Å². The van der Waals surface area contributed by atoms with Crippen molar-refractivity contribution in [2.75, 3.05) is 50.8 Å². The molecule has 0 N–H and O–H groups in total. The zero-order valence-corrected chi connectivity index (χ0v) is 17.7. The number of piperazine rings is 1. The average Bonchev–Trinajstić information content (AvgIpc) is 2.81. The summed E-state index contributed by atoms with van der Waals surface area (Å²) in [6.45, 7) is 8.66.